The van der Waals surface area contributed by atoms with Crippen LogP contribution in [0, 0.1) is 6.92 Å². The van der Waals surface area contributed by atoms with Crippen LogP contribution in [-0.4, -0.2) is 67.6 Å². The van der Waals surface area contributed by atoms with Crippen molar-refractivity contribution in [2.75, 3.05) is 32.8 Å². The molecule has 1 saturated heterocycles. The fourth-order valence-corrected chi connectivity index (χ4v) is 4.90. The number of halogens is 3. The fourth-order valence-electron chi connectivity index (χ4n) is 3.31. The Hall–Kier alpha value is -2.63. The summed E-state index contributed by atoms with van der Waals surface area (Å²) in [6.45, 7) is 0.637. The normalized spacial score (nSPS) is 15.7. The van der Waals surface area contributed by atoms with Crippen molar-refractivity contribution >= 4 is 15.9 Å². The predicted octanol–water partition coefficient (Wildman–Crippen LogP) is 2.93. The van der Waals surface area contributed by atoms with Crippen LogP contribution in [0.5, 0.6) is 5.75 Å². The standard InChI is InChI=1S/C21H23F3N2O5S/c1-15-2-7-18(27)19(12-15)32(29,30)26-10-8-25(9-11-26)20(28)17-5-3-16(4-6-17)13-31-14-21(22,23)24/h2-7,12,27H,8-11,13-14H2,1H3. The van der Waals surface area contributed by atoms with Crippen molar-refractivity contribution in [3.05, 3.63) is 59.2 Å². The Kier molecular flexibility index (Phi) is 7.11. The van der Waals surface area contributed by atoms with E-state index in [4.69, 9.17) is 0 Å². The topological polar surface area (TPSA) is 87.2 Å². The minimum atomic E-state index is -4.40. The summed E-state index contributed by atoms with van der Waals surface area (Å²) in [6.07, 6.45) is -4.40. The van der Waals surface area contributed by atoms with Crippen molar-refractivity contribution in [2.45, 2.75) is 24.6 Å². The third-order valence-electron chi connectivity index (χ3n) is 4.99. The predicted molar refractivity (Wildman–Crippen MR) is 110 cm³/mol. The molecule has 2 aromatic rings. The van der Waals surface area contributed by atoms with Gasteiger partial charge in [-0.25, -0.2) is 8.42 Å². The minimum Gasteiger partial charge on any atom is -0.507 e. The quantitative estimate of drug-likeness (QED) is 0.699. The van der Waals surface area contributed by atoms with E-state index in [1.54, 1.807) is 13.0 Å². The fraction of sp³-hybridized carbons (Fsp3) is 0.381. The van der Waals surface area contributed by atoms with E-state index in [0.717, 1.165) is 0 Å². The maximum absolute atomic E-state index is 12.9. The molecular weight excluding hydrogens is 449 g/mol. The molecular formula is C21H23F3N2O5S. The zero-order chi connectivity index (χ0) is 23.5. The molecule has 0 spiro atoms. The van der Waals surface area contributed by atoms with E-state index < -0.39 is 22.8 Å². The van der Waals surface area contributed by atoms with Gasteiger partial charge >= 0.3 is 6.18 Å². The number of carbonyl (C=O) groups is 1. The third kappa shape index (κ3) is 5.78. The molecule has 2 aromatic carbocycles. The van der Waals surface area contributed by atoms with Gasteiger partial charge in [-0.2, -0.15) is 17.5 Å². The van der Waals surface area contributed by atoms with Crippen LogP contribution in [0.2, 0.25) is 0 Å². The number of hydrogen-bond donors (Lipinski definition) is 1. The Labute approximate surface area is 184 Å². The van der Waals surface area contributed by atoms with E-state index in [-0.39, 0.29) is 49.3 Å². The monoisotopic (exact) mass is 472 g/mol. The summed E-state index contributed by atoms with van der Waals surface area (Å²) in [6, 6.07) is 10.4. The third-order valence-corrected chi connectivity index (χ3v) is 6.92. The summed E-state index contributed by atoms with van der Waals surface area (Å²) in [5.74, 6) is -0.628. The number of phenolic OH excluding ortho intramolecular Hbond substituents is 1. The van der Waals surface area contributed by atoms with Gasteiger partial charge in [0.2, 0.25) is 10.0 Å². The van der Waals surface area contributed by atoms with Crippen LogP contribution in [0.3, 0.4) is 0 Å². The molecule has 0 atom stereocenters. The number of alkyl halides is 3. The summed E-state index contributed by atoms with van der Waals surface area (Å²) in [4.78, 5) is 14.1. The van der Waals surface area contributed by atoms with Crippen molar-refractivity contribution in [3.8, 4) is 5.75 Å². The molecule has 1 N–H and O–H groups in total. The Morgan fingerprint density at radius 2 is 1.69 bits per heavy atom. The number of sulfonamides is 1. The summed E-state index contributed by atoms with van der Waals surface area (Å²) in [5, 5.41) is 9.97. The van der Waals surface area contributed by atoms with Gasteiger partial charge in [-0.05, 0) is 42.3 Å². The SMILES string of the molecule is Cc1ccc(O)c(S(=O)(=O)N2CCN(C(=O)c3ccc(COCC(F)(F)F)cc3)CC2)c1. The van der Waals surface area contributed by atoms with E-state index in [1.165, 1.54) is 45.6 Å². The number of piperazine rings is 1. The Balaban J connectivity index is 1.59. The highest BCUT2D eigenvalue weighted by Gasteiger charge is 2.32. The Bertz CT molecular complexity index is 1060. The number of nitrogens with zero attached hydrogens (tertiary/aromatic N) is 2. The van der Waals surface area contributed by atoms with Gasteiger partial charge < -0.3 is 14.7 Å². The summed E-state index contributed by atoms with van der Waals surface area (Å²) < 4.78 is 68.0. The van der Waals surface area contributed by atoms with Gasteiger partial charge in [0.15, 0.2) is 0 Å². The summed E-state index contributed by atoms with van der Waals surface area (Å²) in [5.41, 5.74) is 1.54. The van der Waals surface area contributed by atoms with E-state index in [2.05, 4.69) is 4.74 Å². The summed E-state index contributed by atoms with van der Waals surface area (Å²) >= 11 is 0. The molecule has 174 valence electrons. The number of hydrogen-bond acceptors (Lipinski definition) is 5. The Morgan fingerprint density at radius 3 is 2.28 bits per heavy atom. The first-order chi connectivity index (χ1) is 15.0. The Morgan fingerprint density at radius 1 is 1.06 bits per heavy atom. The van der Waals surface area contributed by atoms with Crippen LogP contribution in [0.15, 0.2) is 47.4 Å². The highest BCUT2D eigenvalue weighted by molar-refractivity contribution is 7.89. The number of aromatic hydroxyl groups is 1. The minimum absolute atomic E-state index is 0.0742. The first kappa shape index (κ1) is 24.0. The lowest BCUT2D eigenvalue weighted by molar-refractivity contribution is -0.176. The van der Waals surface area contributed by atoms with Crippen molar-refractivity contribution in [1.29, 1.82) is 0 Å². The number of benzene rings is 2. The zero-order valence-electron chi connectivity index (χ0n) is 17.3. The van der Waals surface area contributed by atoms with Gasteiger partial charge in [0, 0.05) is 31.7 Å². The number of rotatable bonds is 6. The van der Waals surface area contributed by atoms with Crippen molar-refractivity contribution in [1.82, 2.24) is 9.21 Å². The van der Waals surface area contributed by atoms with Crippen LogP contribution in [0.4, 0.5) is 13.2 Å². The first-order valence-electron chi connectivity index (χ1n) is 9.80. The second-order valence-corrected chi connectivity index (χ2v) is 9.38. The second kappa shape index (κ2) is 9.47. The molecule has 1 aliphatic rings. The van der Waals surface area contributed by atoms with Gasteiger partial charge in [-0.1, -0.05) is 18.2 Å². The molecule has 7 nitrogen and oxygen atoms in total. The average Bonchev–Trinajstić information content (AvgIpc) is 2.74. The van der Waals surface area contributed by atoms with Gasteiger partial charge in [-0.3, -0.25) is 4.79 Å². The molecule has 0 unspecified atom stereocenters. The molecule has 1 amide bonds. The molecule has 11 heteroatoms. The first-order valence-corrected chi connectivity index (χ1v) is 11.2. The van der Waals surface area contributed by atoms with Crippen molar-refractivity contribution < 1.29 is 36.2 Å². The van der Waals surface area contributed by atoms with Crippen LogP contribution in [-0.2, 0) is 21.4 Å². The van der Waals surface area contributed by atoms with Gasteiger partial charge in [0.05, 0.1) is 6.61 Å². The molecule has 32 heavy (non-hydrogen) atoms. The van der Waals surface area contributed by atoms with Crippen LogP contribution < -0.4 is 0 Å². The molecule has 0 radical (unpaired) electrons. The van der Waals surface area contributed by atoms with Crippen LogP contribution >= 0.6 is 0 Å². The lowest BCUT2D eigenvalue weighted by Gasteiger charge is -2.34. The average molecular weight is 472 g/mol. The molecule has 3 rings (SSSR count). The van der Waals surface area contributed by atoms with Gasteiger partial charge in [0.25, 0.3) is 5.91 Å². The van der Waals surface area contributed by atoms with Crippen molar-refractivity contribution in [3.63, 3.8) is 0 Å². The number of aryl methyl sites for hydroxylation is 1. The van der Waals surface area contributed by atoms with E-state index in [1.807, 2.05) is 0 Å². The highest BCUT2D eigenvalue weighted by atomic mass is 32.2. The van der Waals surface area contributed by atoms with Crippen LogP contribution in [0.25, 0.3) is 0 Å². The van der Waals surface area contributed by atoms with E-state index >= 15 is 0 Å². The molecule has 0 aliphatic carbocycles. The number of amides is 1. The van der Waals surface area contributed by atoms with Gasteiger partial charge in [0.1, 0.15) is 17.3 Å². The summed E-state index contributed by atoms with van der Waals surface area (Å²) in [7, 11) is -3.90. The number of ether oxygens (including phenoxy) is 1. The highest BCUT2D eigenvalue weighted by Crippen LogP contribution is 2.27. The molecule has 1 fully saturated rings. The maximum atomic E-state index is 12.9. The molecule has 1 aliphatic heterocycles. The number of phenols is 1. The molecule has 0 bridgehead atoms. The maximum Gasteiger partial charge on any atom is 0.411 e. The second-order valence-electron chi connectivity index (χ2n) is 7.47. The lowest BCUT2D eigenvalue weighted by atomic mass is 10.1. The smallest absolute Gasteiger partial charge is 0.411 e. The van der Waals surface area contributed by atoms with Crippen LogP contribution in [0.1, 0.15) is 21.5 Å². The van der Waals surface area contributed by atoms with Crippen molar-refractivity contribution in [2.24, 2.45) is 0 Å². The molecule has 0 saturated carbocycles. The largest absolute Gasteiger partial charge is 0.507 e. The zero-order valence-corrected chi connectivity index (χ0v) is 18.1. The van der Waals surface area contributed by atoms with Gasteiger partial charge in [-0.15, -0.1) is 0 Å². The lowest BCUT2D eigenvalue weighted by Crippen LogP contribution is -2.50. The molecule has 0 aromatic heterocycles. The van der Waals surface area contributed by atoms with E-state index in [9.17, 15) is 31.5 Å². The molecule has 1 heterocycles. The van der Waals surface area contributed by atoms with E-state index in [0.29, 0.717) is 16.7 Å². The number of carbonyl (C=O) groups excluding carboxylic acids is 1.